The van der Waals surface area contributed by atoms with Gasteiger partial charge in [0.1, 0.15) is 0 Å². The summed E-state index contributed by atoms with van der Waals surface area (Å²) in [7, 11) is 0. The minimum absolute atomic E-state index is 0.0417. The van der Waals surface area contributed by atoms with Crippen LogP contribution in [0.4, 0.5) is 17.1 Å². The zero-order valence-electron chi connectivity index (χ0n) is 31.1. The fourth-order valence-electron chi connectivity index (χ4n) is 9.55. The normalized spacial score (nSPS) is 14.6. The summed E-state index contributed by atoms with van der Waals surface area (Å²) in [5.74, 6) is 0. The van der Waals surface area contributed by atoms with Crippen LogP contribution in [0.2, 0.25) is 0 Å². The predicted octanol–water partition coefficient (Wildman–Crippen LogP) is 14.8. The highest BCUT2D eigenvalue weighted by molar-refractivity contribution is 5.92. The molecular formula is C50H53N. The molecule has 0 unspecified atom stereocenters. The van der Waals surface area contributed by atoms with Crippen molar-refractivity contribution in [2.45, 2.75) is 103 Å². The Labute approximate surface area is 306 Å². The molecule has 0 aromatic heterocycles. The van der Waals surface area contributed by atoms with Crippen LogP contribution in [0.25, 0.3) is 33.0 Å². The molecule has 2 aliphatic carbocycles. The van der Waals surface area contributed by atoms with Crippen LogP contribution >= 0.6 is 0 Å². The topological polar surface area (TPSA) is 3.24 Å². The van der Waals surface area contributed by atoms with E-state index in [-0.39, 0.29) is 10.8 Å². The van der Waals surface area contributed by atoms with E-state index in [4.69, 9.17) is 0 Å². The van der Waals surface area contributed by atoms with Crippen molar-refractivity contribution >= 4 is 27.8 Å². The zero-order chi connectivity index (χ0) is 35.0. The summed E-state index contributed by atoms with van der Waals surface area (Å²) in [6.07, 6.45) is 12.8. The summed E-state index contributed by atoms with van der Waals surface area (Å²) in [6, 6.07) is 48.7. The summed E-state index contributed by atoms with van der Waals surface area (Å²) in [5.41, 5.74) is 15.2. The number of unbranched alkanes of at least 4 members (excludes halogenated alkanes) is 6. The minimum atomic E-state index is -0.0668. The molecule has 0 bridgehead atoms. The van der Waals surface area contributed by atoms with Crippen LogP contribution in [0.1, 0.15) is 114 Å². The maximum absolute atomic E-state index is 2.59. The fraction of sp³-hybridized carbons (Fsp3) is 0.320. The van der Waals surface area contributed by atoms with Crippen LogP contribution in [0.15, 0.2) is 127 Å². The Morgan fingerprint density at radius 3 is 1.57 bits per heavy atom. The third-order valence-electron chi connectivity index (χ3n) is 12.2. The van der Waals surface area contributed by atoms with Gasteiger partial charge in [-0.25, -0.2) is 0 Å². The first kappa shape index (κ1) is 33.5. The molecule has 0 heterocycles. The molecule has 6 aromatic rings. The molecule has 0 aliphatic heterocycles. The van der Waals surface area contributed by atoms with E-state index in [1.807, 2.05) is 0 Å². The first-order valence-electron chi connectivity index (χ1n) is 19.7. The van der Waals surface area contributed by atoms with Gasteiger partial charge >= 0.3 is 0 Å². The highest BCUT2D eigenvalue weighted by Crippen LogP contribution is 2.56. The molecule has 0 fully saturated rings. The molecular weight excluding hydrogens is 615 g/mol. The maximum atomic E-state index is 2.59. The average molecular weight is 668 g/mol. The smallest absolute Gasteiger partial charge is 0.0468 e. The number of hydrogen-bond donors (Lipinski definition) is 0. The van der Waals surface area contributed by atoms with E-state index in [9.17, 15) is 0 Å². The van der Waals surface area contributed by atoms with Crippen molar-refractivity contribution in [3.8, 4) is 22.3 Å². The molecule has 51 heavy (non-hydrogen) atoms. The lowest BCUT2D eigenvalue weighted by atomic mass is 9.70. The molecule has 0 amide bonds. The van der Waals surface area contributed by atoms with Gasteiger partial charge in [-0.05, 0) is 105 Å². The Bertz CT molecular complexity index is 2170. The summed E-state index contributed by atoms with van der Waals surface area (Å²) in [6.45, 7) is 9.43. The maximum Gasteiger partial charge on any atom is 0.0468 e. The molecule has 0 radical (unpaired) electrons. The Kier molecular flexibility index (Phi) is 9.09. The number of hydrogen-bond acceptors (Lipinski definition) is 1. The second-order valence-electron chi connectivity index (χ2n) is 15.7. The molecule has 8 rings (SSSR count). The van der Waals surface area contributed by atoms with E-state index >= 15 is 0 Å². The standard InChI is InChI=1S/C50H53N/c1-5-7-9-17-31-50(32-18-10-8-6-2)46-24-16-14-22-42(46)44-30-28-40(35-48(44)50)51(38-26-25-36-19-11-12-20-37(36)33-38)39-27-29-43-41-21-13-15-23-45(41)49(3,4)47(43)34-39/h11-16,19-30,33-35H,5-10,17-18,31-32H2,1-4H3. The predicted molar refractivity (Wildman–Crippen MR) is 220 cm³/mol. The highest BCUT2D eigenvalue weighted by Gasteiger charge is 2.42. The quantitative estimate of drug-likeness (QED) is 0.111. The van der Waals surface area contributed by atoms with Crippen LogP contribution in [0.3, 0.4) is 0 Å². The van der Waals surface area contributed by atoms with Crippen LogP contribution in [-0.4, -0.2) is 0 Å². The van der Waals surface area contributed by atoms with Crippen molar-refractivity contribution in [2.24, 2.45) is 0 Å². The molecule has 6 aromatic carbocycles. The van der Waals surface area contributed by atoms with E-state index < -0.39 is 0 Å². The summed E-state index contributed by atoms with van der Waals surface area (Å²) < 4.78 is 0. The third-order valence-corrected chi connectivity index (χ3v) is 12.2. The molecule has 1 nitrogen and oxygen atoms in total. The van der Waals surface area contributed by atoms with Crippen molar-refractivity contribution in [1.29, 1.82) is 0 Å². The molecule has 0 atom stereocenters. The van der Waals surface area contributed by atoms with E-state index in [1.54, 1.807) is 5.56 Å². The minimum Gasteiger partial charge on any atom is -0.310 e. The number of nitrogens with zero attached hydrogens (tertiary/aromatic N) is 1. The lowest BCUT2D eigenvalue weighted by molar-refractivity contribution is 0.401. The number of benzene rings is 6. The van der Waals surface area contributed by atoms with E-state index in [0.717, 1.165) is 0 Å². The average Bonchev–Trinajstić information content (AvgIpc) is 3.57. The first-order chi connectivity index (χ1) is 25.0. The van der Waals surface area contributed by atoms with Crippen LogP contribution in [0.5, 0.6) is 0 Å². The Balaban J connectivity index is 1.30. The van der Waals surface area contributed by atoms with Gasteiger partial charge in [0.05, 0.1) is 0 Å². The van der Waals surface area contributed by atoms with Gasteiger partial charge in [-0.2, -0.15) is 0 Å². The van der Waals surface area contributed by atoms with Crippen molar-refractivity contribution in [1.82, 2.24) is 0 Å². The lowest BCUT2D eigenvalue weighted by Crippen LogP contribution is -2.26. The molecule has 1 heteroatoms. The fourth-order valence-corrected chi connectivity index (χ4v) is 9.55. The number of anilines is 3. The monoisotopic (exact) mass is 667 g/mol. The van der Waals surface area contributed by atoms with Gasteiger partial charge in [0.15, 0.2) is 0 Å². The SMILES string of the molecule is CCCCCCC1(CCCCCC)c2ccccc2-c2ccc(N(c3ccc4c(c3)C(C)(C)c3ccccc3-4)c3ccc4ccccc4c3)cc21. The van der Waals surface area contributed by atoms with Crippen molar-refractivity contribution < 1.29 is 0 Å². The van der Waals surface area contributed by atoms with Gasteiger partial charge < -0.3 is 4.90 Å². The van der Waals surface area contributed by atoms with Gasteiger partial charge in [-0.1, -0.05) is 170 Å². The molecule has 2 aliphatic rings. The summed E-state index contributed by atoms with van der Waals surface area (Å²) in [5, 5.41) is 2.54. The largest absolute Gasteiger partial charge is 0.310 e. The van der Waals surface area contributed by atoms with E-state index in [0.29, 0.717) is 0 Å². The van der Waals surface area contributed by atoms with Crippen molar-refractivity contribution in [3.05, 3.63) is 150 Å². The van der Waals surface area contributed by atoms with Gasteiger partial charge in [-0.3, -0.25) is 0 Å². The molecule has 0 saturated heterocycles. The number of fused-ring (bicyclic) bond motifs is 7. The van der Waals surface area contributed by atoms with Gasteiger partial charge in [0, 0.05) is 27.9 Å². The zero-order valence-corrected chi connectivity index (χ0v) is 31.1. The Morgan fingerprint density at radius 1 is 0.412 bits per heavy atom. The summed E-state index contributed by atoms with van der Waals surface area (Å²) in [4.78, 5) is 2.54. The van der Waals surface area contributed by atoms with Crippen molar-refractivity contribution in [2.75, 3.05) is 4.90 Å². The second kappa shape index (κ2) is 13.8. The lowest BCUT2D eigenvalue weighted by Gasteiger charge is -2.34. The molecule has 258 valence electrons. The highest BCUT2D eigenvalue weighted by atomic mass is 15.1. The molecule has 0 saturated carbocycles. The van der Waals surface area contributed by atoms with E-state index in [2.05, 4.69) is 160 Å². The second-order valence-corrected chi connectivity index (χ2v) is 15.7. The van der Waals surface area contributed by atoms with E-state index in [1.165, 1.54) is 131 Å². The number of rotatable bonds is 13. The Morgan fingerprint density at radius 2 is 0.902 bits per heavy atom. The van der Waals surface area contributed by atoms with Crippen LogP contribution < -0.4 is 4.90 Å². The Hall–Kier alpha value is -4.62. The van der Waals surface area contributed by atoms with Crippen LogP contribution in [-0.2, 0) is 10.8 Å². The molecule has 0 spiro atoms. The third kappa shape index (κ3) is 5.80. The van der Waals surface area contributed by atoms with Crippen LogP contribution in [0, 0.1) is 0 Å². The first-order valence-corrected chi connectivity index (χ1v) is 19.7. The van der Waals surface area contributed by atoms with Crippen molar-refractivity contribution in [3.63, 3.8) is 0 Å². The summed E-state index contributed by atoms with van der Waals surface area (Å²) >= 11 is 0. The molecule has 0 N–H and O–H groups in total. The van der Waals surface area contributed by atoms with Gasteiger partial charge in [0.2, 0.25) is 0 Å². The van der Waals surface area contributed by atoms with Gasteiger partial charge in [-0.15, -0.1) is 0 Å². The van der Waals surface area contributed by atoms with Gasteiger partial charge in [0.25, 0.3) is 0 Å².